The quantitative estimate of drug-likeness (QED) is 0.546. The molecule has 0 aromatic heterocycles. The Bertz CT molecular complexity index is 316. The van der Waals surface area contributed by atoms with Crippen molar-refractivity contribution in [3.63, 3.8) is 0 Å². The second-order valence-corrected chi connectivity index (χ2v) is 8.27. The fourth-order valence-corrected chi connectivity index (χ4v) is 4.31. The van der Waals surface area contributed by atoms with Crippen LogP contribution in [0.1, 0.15) is 86.0 Å². The second-order valence-electron chi connectivity index (χ2n) is 8.27. The third-order valence-corrected chi connectivity index (χ3v) is 5.85. The molecule has 0 radical (unpaired) electrons. The van der Waals surface area contributed by atoms with E-state index in [2.05, 4.69) is 34.6 Å². The zero-order chi connectivity index (χ0) is 15.9. The normalized spacial score (nSPS) is 27.6. The van der Waals surface area contributed by atoms with Gasteiger partial charge in [0.05, 0.1) is 6.61 Å². The molecule has 1 saturated carbocycles. The van der Waals surface area contributed by atoms with E-state index in [4.69, 9.17) is 5.11 Å². The Morgan fingerprint density at radius 2 is 2.05 bits per heavy atom. The molecular weight excluding hydrogens is 256 g/mol. The molecule has 0 aromatic carbocycles. The van der Waals surface area contributed by atoms with E-state index in [-0.39, 0.29) is 6.61 Å². The van der Waals surface area contributed by atoms with Crippen molar-refractivity contribution in [3.05, 3.63) is 11.6 Å². The summed E-state index contributed by atoms with van der Waals surface area (Å²) in [5.41, 5.74) is 1.89. The molecule has 1 aliphatic carbocycles. The molecule has 0 spiro atoms. The highest BCUT2D eigenvalue weighted by Crippen LogP contribution is 2.46. The van der Waals surface area contributed by atoms with Crippen LogP contribution in [0.5, 0.6) is 0 Å². The maximum Gasteiger partial charge on any atom is 0.0614 e. The van der Waals surface area contributed by atoms with Gasteiger partial charge in [-0.15, -0.1) is 0 Å². The molecule has 1 N–H and O–H groups in total. The Balaban J connectivity index is 2.28. The SMILES string of the molecule is CC(=CCO)CCC[C@@H](C)CC[C@H]1[C@@H](C)CCCC1(C)C. The van der Waals surface area contributed by atoms with Gasteiger partial charge in [0.2, 0.25) is 0 Å². The van der Waals surface area contributed by atoms with Crippen LogP contribution in [-0.2, 0) is 0 Å². The van der Waals surface area contributed by atoms with Gasteiger partial charge in [-0.05, 0) is 55.8 Å². The number of hydrogen-bond acceptors (Lipinski definition) is 1. The zero-order valence-electron chi connectivity index (χ0n) is 15.1. The first kappa shape index (κ1) is 18.7. The van der Waals surface area contributed by atoms with Crippen LogP contribution in [0.2, 0.25) is 0 Å². The maximum atomic E-state index is 8.87. The van der Waals surface area contributed by atoms with E-state index in [0.717, 1.165) is 24.2 Å². The molecule has 0 aromatic rings. The summed E-state index contributed by atoms with van der Waals surface area (Å²) < 4.78 is 0. The van der Waals surface area contributed by atoms with Gasteiger partial charge in [0, 0.05) is 0 Å². The second kappa shape index (κ2) is 8.98. The van der Waals surface area contributed by atoms with Crippen LogP contribution in [0, 0.1) is 23.2 Å². The van der Waals surface area contributed by atoms with Gasteiger partial charge in [-0.2, -0.15) is 0 Å². The highest BCUT2D eigenvalue weighted by molar-refractivity contribution is 4.97. The van der Waals surface area contributed by atoms with Gasteiger partial charge in [0.25, 0.3) is 0 Å². The lowest BCUT2D eigenvalue weighted by atomic mass is 9.62. The fourth-order valence-electron chi connectivity index (χ4n) is 4.31. The van der Waals surface area contributed by atoms with E-state index in [0.29, 0.717) is 5.41 Å². The van der Waals surface area contributed by atoms with Gasteiger partial charge < -0.3 is 5.11 Å². The molecule has 1 nitrogen and oxygen atoms in total. The minimum Gasteiger partial charge on any atom is -0.392 e. The Hall–Kier alpha value is -0.300. The van der Waals surface area contributed by atoms with Crippen molar-refractivity contribution >= 4 is 0 Å². The van der Waals surface area contributed by atoms with E-state index < -0.39 is 0 Å². The molecule has 0 amide bonds. The Morgan fingerprint density at radius 1 is 1.33 bits per heavy atom. The smallest absolute Gasteiger partial charge is 0.0614 e. The van der Waals surface area contributed by atoms with Gasteiger partial charge in [-0.1, -0.05) is 65.0 Å². The Morgan fingerprint density at radius 3 is 2.67 bits per heavy atom. The minimum atomic E-state index is 0.191. The summed E-state index contributed by atoms with van der Waals surface area (Å²) in [6.07, 6.45) is 12.8. The molecule has 21 heavy (non-hydrogen) atoms. The third kappa shape index (κ3) is 6.55. The Kier molecular flexibility index (Phi) is 8.02. The van der Waals surface area contributed by atoms with E-state index in [1.165, 1.54) is 50.5 Å². The van der Waals surface area contributed by atoms with Crippen molar-refractivity contribution < 1.29 is 5.11 Å². The molecule has 0 aliphatic heterocycles. The fraction of sp³-hybridized carbons (Fsp3) is 0.900. The number of aliphatic hydroxyl groups excluding tert-OH is 1. The average Bonchev–Trinajstić information content (AvgIpc) is 2.37. The summed E-state index contributed by atoms with van der Waals surface area (Å²) in [4.78, 5) is 0. The molecular formula is C20H38O. The molecule has 124 valence electrons. The van der Waals surface area contributed by atoms with Crippen molar-refractivity contribution in [2.45, 2.75) is 86.0 Å². The van der Waals surface area contributed by atoms with Crippen LogP contribution in [0.25, 0.3) is 0 Å². The zero-order valence-corrected chi connectivity index (χ0v) is 15.1. The topological polar surface area (TPSA) is 20.2 Å². The van der Waals surface area contributed by atoms with E-state index in [1.807, 2.05) is 6.08 Å². The lowest BCUT2D eigenvalue weighted by Crippen LogP contribution is -2.33. The van der Waals surface area contributed by atoms with Gasteiger partial charge in [-0.25, -0.2) is 0 Å². The largest absolute Gasteiger partial charge is 0.392 e. The van der Waals surface area contributed by atoms with Crippen molar-refractivity contribution in [3.8, 4) is 0 Å². The van der Waals surface area contributed by atoms with Crippen LogP contribution in [0.15, 0.2) is 11.6 Å². The standard InChI is InChI=1S/C20H38O/c1-16(8-6-9-17(2)13-15-21)11-12-19-18(3)10-7-14-20(19,4)5/h13,16,18-19,21H,6-12,14-15H2,1-5H3/t16-,18+,19+/m1/s1. The van der Waals surface area contributed by atoms with Crippen LogP contribution in [0.3, 0.4) is 0 Å². The van der Waals surface area contributed by atoms with Gasteiger partial charge >= 0.3 is 0 Å². The van der Waals surface area contributed by atoms with Gasteiger partial charge in [0.15, 0.2) is 0 Å². The first-order valence-corrected chi connectivity index (χ1v) is 9.13. The summed E-state index contributed by atoms with van der Waals surface area (Å²) >= 11 is 0. The van der Waals surface area contributed by atoms with Crippen LogP contribution < -0.4 is 0 Å². The molecule has 1 fully saturated rings. The summed E-state index contributed by atoms with van der Waals surface area (Å²) in [7, 11) is 0. The predicted molar refractivity (Wildman–Crippen MR) is 93.4 cm³/mol. The molecule has 1 heteroatoms. The third-order valence-electron chi connectivity index (χ3n) is 5.85. The first-order valence-electron chi connectivity index (χ1n) is 9.13. The molecule has 3 atom stereocenters. The monoisotopic (exact) mass is 294 g/mol. The van der Waals surface area contributed by atoms with Gasteiger partial charge in [-0.3, -0.25) is 0 Å². The van der Waals surface area contributed by atoms with Crippen molar-refractivity contribution in [1.29, 1.82) is 0 Å². The Labute approximate surface area is 133 Å². The maximum absolute atomic E-state index is 8.87. The number of hydrogen-bond donors (Lipinski definition) is 1. The lowest BCUT2D eigenvalue weighted by Gasteiger charge is -2.43. The van der Waals surface area contributed by atoms with Crippen LogP contribution in [0.4, 0.5) is 0 Å². The van der Waals surface area contributed by atoms with E-state index in [1.54, 1.807) is 0 Å². The first-order chi connectivity index (χ1) is 9.86. The summed E-state index contributed by atoms with van der Waals surface area (Å²) in [5, 5.41) is 8.87. The number of aliphatic hydroxyl groups is 1. The molecule has 1 rings (SSSR count). The van der Waals surface area contributed by atoms with Crippen LogP contribution >= 0.6 is 0 Å². The molecule has 0 bridgehead atoms. The summed E-state index contributed by atoms with van der Waals surface area (Å²) in [6, 6.07) is 0. The molecule has 1 aliphatic rings. The minimum absolute atomic E-state index is 0.191. The molecule has 0 unspecified atom stereocenters. The van der Waals surface area contributed by atoms with Gasteiger partial charge in [0.1, 0.15) is 0 Å². The van der Waals surface area contributed by atoms with Crippen molar-refractivity contribution in [2.75, 3.05) is 6.61 Å². The molecule has 0 heterocycles. The summed E-state index contributed by atoms with van der Waals surface area (Å²) in [6.45, 7) is 12.2. The van der Waals surface area contributed by atoms with Crippen molar-refractivity contribution in [1.82, 2.24) is 0 Å². The predicted octanol–water partition coefficient (Wildman–Crippen LogP) is 5.97. The number of allylic oxidation sites excluding steroid dienone is 1. The highest BCUT2D eigenvalue weighted by atomic mass is 16.2. The van der Waals surface area contributed by atoms with Crippen molar-refractivity contribution in [2.24, 2.45) is 23.2 Å². The highest BCUT2D eigenvalue weighted by Gasteiger charge is 2.36. The van der Waals surface area contributed by atoms with E-state index >= 15 is 0 Å². The van der Waals surface area contributed by atoms with E-state index in [9.17, 15) is 0 Å². The summed E-state index contributed by atoms with van der Waals surface area (Å²) in [5.74, 6) is 2.68. The number of rotatable bonds is 8. The average molecular weight is 295 g/mol. The lowest BCUT2D eigenvalue weighted by molar-refractivity contribution is 0.0707. The van der Waals surface area contributed by atoms with Crippen LogP contribution in [-0.4, -0.2) is 11.7 Å². The molecule has 0 saturated heterocycles.